The molecule has 0 aromatic heterocycles. The first-order valence-electron chi connectivity index (χ1n) is 7.62. The predicted molar refractivity (Wildman–Crippen MR) is 77.7 cm³/mol. The zero-order chi connectivity index (χ0) is 15.0. The fraction of sp³-hybridized carbons (Fsp3) is 0.933. The van der Waals surface area contributed by atoms with Crippen molar-refractivity contribution in [2.24, 2.45) is 0 Å². The third-order valence-corrected chi connectivity index (χ3v) is 3.25. The fourth-order valence-electron chi connectivity index (χ4n) is 1.92. The van der Waals surface area contributed by atoms with Gasteiger partial charge in [-0.25, -0.2) is 0 Å². The lowest BCUT2D eigenvalue weighted by atomic mass is 9.98. The van der Waals surface area contributed by atoms with Crippen LogP contribution in [0, 0.1) is 0 Å². The second kappa shape index (κ2) is 8.60. The van der Waals surface area contributed by atoms with Gasteiger partial charge < -0.3 is 14.2 Å². The van der Waals surface area contributed by atoms with E-state index < -0.39 is 5.54 Å². The van der Waals surface area contributed by atoms with Gasteiger partial charge in [0, 0.05) is 12.6 Å². The molecule has 1 unspecified atom stereocenters. The molecule has 0 spiro atoms. The molecule has 0 aromatic rings. The second-order valence-electron chi connectivity index (χ2n) is 5.75. The summed E-state index contributed by atoms with van der Waals surface area (Å²) in [6, 6.07) is 0.452. The first-order chi connectivity index (χ1) is 9.48. The highest BCUT2D eigenvalue weighted by Gasteiger charge is 2.39. The van der Waals surface area contributed by atoms with Crippen LogP contribution in [0.3, 0.4) is 0 Å². The maximum absolute atomic E-state index is 12.1. The van der Waals surface area contributed by atoms with E-state index in [1.807, 2.05) is 27.7 Å². The van der Waals surface area contributed by atoms with Gasteiger partial charge in [0.1, 0.15) is 5.54 Å². The number of rotatable bonds is 11. The van der Waals surface area contributed by atoms with Gasteiger partial charge in [-0.2, -0.15) is 0 Å². The first kappa shape index (κ1) is 17.4. The van der Waals surface area contributed by atoms with Gasteiger partial charge in [0.25, 0.3) is 0 Å². The minimum Gasteiger partial charge on any atom is -0.465 e. The average Bonchev–Trinajstić information content (AvgIpc) is 3.17. The molecule has 0 aliphatic heterocycles. The molecular formula is C15H29NO4. The van der Waals surface area contributed by atoms with Gasteiger partial charge in [0.15, 0.2) is 0 Å². The van der Waals surface area contributed by atoms with Crippen molar-refractivity contribution < 1.29 is 19.0 Å². The lowest BCUT2D eigenvalue weighted by Crippen LogP contribution is -2.52. The number of hydrogen-bond donors (Lipinski definition) is 1. The van der Waals surface area contributed by atoms with E-state index in [9.17, 15) is 4.79 Å². The Hall–Kier alpha value is -0.650. The van der Waals surface area contributed by atoms with Crippen LogP contribution in [0.4, 0.5) is 0 Å². The Morgan fingerprint density at radius 2 is 2.00 bits per heavy atom. The van der Waals surface area contributed by atoms with Gasteiger partial charge in [-0.1, -0.05) is 0 Å². The van der Waals surface area contributed by atoms with Crippen LogP contribution in [0.2, 0.25) is 0 Å². The fourth-order valence-corrected chi connectivity index (χ4v) is 1.92. The van der Waals surface area contributed by atoms with Gasteiger partial charge in [-0.3, -0.25) is 10.1 Å². The van der Waals surface area contributed by atoms with Crippen LogP contribution >= 0.6 is 0 Å². The average molecular weight is 287 g/mol. The zero-order valence-corrected chi connectivity index (χ0v) is 13.2. The Labute approximate surface area is 122 Å². The van der Waals surface area contributed by atoms with E-state index in [2.05, 4.69) is 5.32 Å². The van der Waals surface area contributed by atoms with E-state index in [0.717, 1.165) is 12.8 Å². The third-order valence-electron chi connectivity index (χ3n) is 3.25. The van der Waals surface area contributed by atoms with Crippen molar-refractivity contribution >= 4 is 5.97 Å². The van der Waals surface area contributed by atoms with Crippen LogP contribution in [-0.2, 0) is 19.0 Å². The molecule has 1 fully saturated rings. The number of carbonyl (C=O) groups excluding carboxylic acids is 1. The molecule has 118 valence electrons. The summed E-state index contributed by atoms with van der Waals surface area (Å²) in [5.41, 5.74) is -0.643. The highest BCUT2D eigenvalue weighted by molar-refractivity contribution is 5.80. The van der Waals surface area contributed by atoms with Crippen molar-refractivity contribution in [3.05, 3.63) is 0 Å². The Bertz CT molecular complexity index is 292. The minimum absolute atomic E-state index is 0.186. The standard InChI is InChI=1S/C15H29NO4/c1-5-19-14(17)15(4,16-13-6-7-13)8-9-18-10-11-20-12(2)3/h12-13,16H,5-11H2,1-4H3. The van der Waals surface area contributed by atoms with Crippen molar-refractivity contribution in [3.8, 4) is 0 Å². The molecule has 1 aliphatic rings. The molecule has 1 N–H and O–H groups in total. The molecule has 0 radical (unpaired) electrons. The number of esters is 1. The van der Waals surface area contributed by atoms with Crippen LogP contribution in [0.5, 0.6) is 0 Å². The summed E-state index contributed by atoms with van der Waals surface area (Å²) in [6.45, 7) is 9.80. The molecule has 0 bridgehead atoms. The van der Waals surface area contributed by atoms with E-state index in [0.29, 0.717) is 38.9 Å². The highest BCUT2D eigenvalue weighted by atomic mass is 16.5. The van der Waals surface area contributed by atoms with Gasteiger partial charge >= 0.3 is 5.97 Å². The lowest BCUT2D eigenvalue weighted by Gasteiger charge is -2.28. The maximum atomic E-state index is 12.1. The smallest absolute Gasteiger partial charge is 0.326 e. The monoisotopic (exact) mass is 287 g/mol. The number of ether oxygens (including phenoxy) is 3. The summed E-state index contributed by atoms with van der Waals surface area (Å²) >= 11 is 0. The molecule has 20 heavy (non-hydrogen) atoms. The zero-order valence-electron chi connectivity index (χ0n) is 13.2. The van der Waals surface area contributed by atoms with E-state index >= 15 is 0 Å². The van der Waals surface area contributed by atoms with Crippen molar-refractivity contribution in [1.29, 1.82) is 0 Å². The van der Waals surface area contributed by atoms with Gasteiger partial charge in [0.05, 0.1) is 25.9 Å². The highest BCUT2D eigenvalue weighted by Crippen LogP contribution is 2.25. The van der Waals surface area contributed by atoms with Crippen molar-refractivity contribution in [3.63, 3.8) is 0 Å². The molecule has 0 amide bonds. The Balaban J connectivity index is 2.27. The minimum atomic E-state index is -0.643. The van der Waals surface area contributed by atoms with Crippen LogP contribution in [-0.4, -0.2) is 50.1 Å². The molecule has 0 saturated heterocycles. The molecule has 0 heterocycles. The van der Waals surface area contributed by atoms with Crippen LogP contribution in [0.1, 0.15) is 47.0 Å². The van der Waals surface area contributed by atoms with Crippen molar-refractivity contribution in [1.82, 2.24) is 5.32 Å². The molecule has 1 aliphatic carbocycles. The molecular weight excluding hydrogens is 258 g/mol. The summed E-state index contributed by atoms with van der Waals surface area (Å²) in [4.78, 5) is 12.1. The van der Waals surface area contributed by atoms with Gasteiger partial charge in [-0.15, -0.1) is 0 Å². The predicted octanol–water partition coefficient (Wildman–Crippen LogP) is 1.89. The van der Waals surface area contributed by atoms with E-state index in [-0.39, 0.29) is 12.1 Å². The summed E-state index contributed by atoms with van der Waals surface area (Å²) in [5.74, 6) is -0.186. The Morgan fingerprint density at radius 3 is 2.55 bits per heavy atom. The van der Waals surface area contributed by atoms with Crippen LogP contribution in [0.25, 0.3) is 0 Å². The molecule has 1 saturated carbocycles. The Kier molecular flexibility index (Phi) is 7.48. The number of hydrogen-bond acceptors (Lipinski definition) is 5. The largest absolute Gasteiger partial charge is 0.465 e. The normalized spacial score (nSPS) is 18.1. The Morgan fingerprint density at radius 1 is 1.30 bits per heavy atom. The molecule has 5 nitrogen and oxygen atoms in total. The molecule has 5 heteroatoms. The summed E-state index contributed by atoms with van der Waals surface area (Å²) in [6.07, 6.45) is 3.11. The summed E-state index contributed by atoms with van der Waals surface area (Å²) < 4.78 is 16.1. The van der Waals surface area contributed by atoms with Crippen molar-refractivity contribution in [2.45, 2.75) is 64.6 Å². The third kappa shape index (κ3) is 6.68. The summed E-state index contributed by atoms with van der Waals surface area (Å²) in [5, 5.41) is 3.38. The lowest BCUT2D eigenvalue weighted by molar-refractivity contribution is -0.151. The quantitative estimate of drug-likeness (QED) is 0.464. The maximum Gasteiger partial charge on any atom is 0.326 e. The van der Waals surface area contributed by atoms with E-state index in [1.54, 1.807) is 0 Å². The van der Waals surface area contributed by atoms with Gasteiger partial charge in [0.2, 0.25) is 0 Å². The van der Waals surface area contributed by atoms with E-state index in [1.165, 1.54) is 0 Å². The number of carbonyl (C=O) groups is 1. The molecule has 1 rings (SSSR count). The van der Waals surface area contributed by atoms with Crippen molar-refractivity contribution in [2.75, 3.05) is 26.4 Å². The topological polar surface area (TPSA) is 56.8 Å². The number of nitrogens with one attached hydrogen (secondary N) is 1. The second-order valence-corrected chi connectivity index (χ2v) is 5.75. The van der Waals surface area contributed by atoms with Gasteiger partial charge in [-0.05, 0) is 47.0 Å². The van der Waals surface area contributed by atoms with Crippen LogP contribution in [0.15, 0.2) is 0 Å². The molecule has 1 atom stereocenters. The van der Waals surface area contributed by atoms with Crippen LogP contribution < -0.4 is 5.32 Å². The molecule has 0 aromatic carbocycles. The first-order valence-corrected chi connectivity index (χ1v) is 7.62. The SMILES string of the molecule is CCOC(=O)C(C)(CCOCCOC(C)C)NC1CC1. The van der Waals surface area contributed by atoms with E-state index in [4.69, 9.17) is 14.2 Å². The summed E-state index contributed by atoms with van der Waals surface area (Å²) in [7, 11) is 0.